The van der Waals surface area contributed by atoms with Gasteiger partial charge in [-0.3, -0.25) is 19.9 Å². The van der Waals surface area contributed by atoms with Crippen LogP contribution in [0.25, 0.3) is 22.4 Å². The fraction of sp³-hybridized carbons (Fsp3) is 0. The lowest BCUT2D eigenvalue weighted by molar-refractivity contribution is 0.0989. The summed E-state index contributed by atoms with van der Waals surface area (Å²) in [6.45, 7) is 0. The van der Waals surface area contributed by atoms with Crippen LogP contribution in [0.5, 0.6) is 0 Å². The first-order valence-electron chi connectivity index (χ1n) is 8.29. The van der Waals surface area contributed by atoms with Crippen molar-refractivity contribution in [3.05, 3.63) is 78.5 Å². The Kier molecular flexibility index (Phi) is 4.43. The molecule has 3 aromatic heterocycles. The van der Waals surface area contributed by atoms with Crippen LogP contribution in [-0.2, 0) is 0 Å². The number of pyridine rings is 1. The van der Waals surface area contributed by atoms with Crippen LogP contribution in [-0.4, -0.2) is 22.0 Å². The maximum Gasteiger partial charge on any atom is 0.293 e. The molecule has 0 saturated heterocycles. The summed E-state index contributed by atoms with van der Waals surface area (Å²) in [5, 5.41) is 6.74. The van der Waals surface area contributed by atoms with Gasteiger partial charge in [-0.2, -0.15) is 0 Å². The zero-order valence-corrected chi connectivity index (χ0v) is 14.5. The molecule has 0 unspecified atom stereocenters. The molecule has 3 N–H and O–H groups in total. The van der Waals surface area contributed by atoms with E-state index in [2.05, 4.69) is 15.5 Å². The third-order valence-corrected chi connectivity index (χ3v) is 4.08. The average molecular weight is 374 g/mol. The van der Waals surface area contributed by atoms with E-state index in [1.54, 1.807) is 54.9 Å². The predicted molar refractivity (Wildman–Crippen MR) is 100 cm³/mol. The molecule has 0 aliphatic carbocycles. The third-order valence-electron chi connectivity index (χ3n) is 4.08. The average Bonchev–Trinajstić information content (AvgIpc) is 3.39. The molecule has 8 heteroatoms. The molecule has 138 valence electrons. The SMILES string of the molecule is NC(=O)c1ccccc1-c1c(-c2ccncc2)noc1NC(=O)c1ccco1. The van der Waals surface area contributed by atoms with Gasteiger partial charge >= 0.3 is 0 Å². The van der Waals surface area contributed by atoms with E-state index in [0.29, 0.717) is 22.4 Å². The second-order valence-electron chi connectivity index (χ2n) is 5.81. The second-order valence-corrected chi connectivity index (χ2v) is 5.81. The number of anilines is 1. The monoisotopic (exact) mass is 374 g/mol. The highest BCUT2D eigenvalue weighted by Crippen LogP contribution is 2.39. The Morgan fingerprint density at radius 1 is 1.00 bits per heavy atom. The lowest BCUT2D eigenvalue weighted by Crippen LogP contribution is -2.14. The number of carbonyl (C=O) groups excluding carboxylic acids is 2. The molecule has 0 saturated carbocycles. The summed E-state index contributed by atoms with van der Waals surface area (Å²) >= 11 is 0. The van der Waals surface area contributed by atoms with Crippen molar-refractivity contribution in [2.45, 2.75) is 0 Å². The van der Waals surface area contributed by atoms with Crippen LogP contribution in [0.4, 0.5) is 5.88 Å². The van der Waals surface area contributed by atoms with Gasteiger partial charge in [-0.05, 0) is 30.3 Å². The number of hydrogen-bond donors (Lipinski definition) is 2. The molecule has 4 aromatic rings. The molecule has 28 heavy (non-hydrogen) atoms. The quantitative estimate of drug-likeness (QED) is 0.552. The molecule has 0 atom stereocenters. The summed E-state index contributed by atoms with van der Waals surface area (Å²) in [7, 11) is 0. The zero-order valence-electron chi connectivity index (χ0n) is 14.5. The van der Waals surface area contributed by atoms with E-state index in [4.69, 9.17) is 14.7 Å². The van der Waals surface area contributed by atoms with Gasteiger partial charge in [0, 0.05) is 29.1 Å². The highest BCUT2D eigenvalue weighted by atomic mass is 16.5. The minimum Gasteiger partial charge on any atom is -0.459 e. The first kappa shape index (κ1) is 17.2. The van der Waals surface area contributed by atoms with Gasteiger partial charge < -0.3 is 14.7 Å². The number of furan rings is 1. The van der Waals surface area contributed by atoms with Gasteiger partial charge in [0.1, 0.15) is 5.69 Å². The summed E-state index contributed by atoms with van der Waals surface area (Å²) in [6.07, 6.45) is 4.60. The van der Waals surface area contributed by atoms with Crippen LogP contribution >= 0.6 is 0 Å². The number of rotatable bonds is 5. The summed E-state index contributed by atoms with van der Waals surface area (Å²) in [5.74, 6) is -0.945. The number of primary amides is 1. The van der Waals surface area contributed by atoms with Crippen LogP contribution < -0.4 is 11.1 Å². The Morgan fingerprint density at radius 3 is 2.50 bits per heavy atom. The molecule has 0 aliphatic rings. The van der Waals surface area contributed by atoms with Crippen LogP contribution in [0.1, 0.15) is 20.9 Å². The fourth-order valence-electron chi connectivity index (χ4n) is 2.82. The normalized spacial score (nSPS) is 10.6. The number of nitrogens with one attached hydrogen (secondary N) is 1. The highest BCUT2D eigenvalue weighted by Gasteiger charge is 2.25. The van der Waals surface area contributed by atoms with Gasteiger partial charge in [0.25, 0.3) is 5.91 Å². The van der Waals surface area contributed by atoms with Gasteiger partial charge in [0.05, 0.1) is 11.8 Å². The van der Waals surface area contributed by atoms with Crippen molar-refractivity contribution in [1.82, 2.24) is 10.1 Å². The standard InChI is InChI=1S/C20H14N4O4/c21-18(25)14-5-2-1-4-13(14)16-17(12-7-9-22-10-8-12)24-28-20(16)23-19(26)15-6-3-11-27-15/h1-11H,(H2,21,25)(H,23,26). The molecule has 0 radical (unpaired) electrons. The second kappa shape index (κ2) is 7.20. The van der Waals surface area contributed by atoms with E-state index in [-0.39, 0.29) is 17.2 Å². The van der Waals surface area contributed by atoms with Gasteiger partial charge in [0.2, 0.25) is 11.8 Å². The smallest absolute Gasteiger partial charge is 0.293 e. The van der Waals surface area contributed by atoms with Crippen LogP contribution in [0.3, 0.4) is 0 Å². The molecule has 0 bridgehead atoms. The van der Waals surface area contributed by atoms with E-state index < -0.39 is 11.8 Å². The number of aromatic nitrogens is 2. The highest BCUT2D eigenvalue weighted by molar-refractivity contribution is 6.07. The molecule has 0 spiro atoms. The number of nitrogens with two attached hydrogens (primary N) is 1. The number of amides is 2. The topological polar surface area (TPSA) is 124 Å². The predicted octanol–water partition coefficient (Wildman–Crippen LogP) is 3.35. The molecule has 0 fully saturated rings. The van der Waals surface area contributed by atoms with Gasteiger partial charge in [0.15, 0.2) is 5.76 Å². The lowest BCUT2D eigenvalue weighted by Gasteiger charge is -2.09. The molecule has 4 rings (SSSR count). The van der Waals surface area contributed by atoms with E-state index in [1.807, 2.05) is 0 Å². The Bertz CT molecular complexity index is 1130. The molecule has 0 aliphatic heterocycles. The first-order chi connectivity index (χ1) is 13.6. The van der Waals surface area contributed by atoms with Crippen molar-refractivity contribution < 1.29 is 18.5 Å². The molecule has 8 nitrogen and oxygen atoms in total. The summed E-state index contributed by atoms with van der Waals surface area (Å²) in [4.78, 5) is 28.4. The largest absolute Gasteiger partial charge is 0.459 e. The number of benzene rings is 1. The van der Waals surface area contributed by atoms with Gasteiger partial charge in [-0.1, -0.05) is 23.4 Å². The van der Waals surface area contributed by atoms with Crippen LogP contribution in [0, 0.1) is 0 Å². The van der Waals surface area contributed by atoms with Crippen molar-refractivity contribution in [3.63, 3.8) is 0 Å². The summed E-state index contributed by atoms with van der Waals surface area (Å²) in [6, 6.07) is 13.4. The zero-order chi connectivity index (χ0) is 19.5. The Hall–Kier alpha value is -4.20. The van der Waals surface area contributed by atoms with E-state index in [1.165, 1.54) is 12.3 Å². The van der Waals surface area contributed by atoms with Crippen LogP contribution in [0.2, 0.25) is 0 Å². The Balaban J connectivity index is 1.88. The maximum atomic E-state index is 12.4. The molecule has 1 aromatic carbocycles. The number of carbonyl (C=O) groups is 2. The van der Waals surface area contributed by atoms with E-state index in [9.17, 15) is 9.59 Å². The molecule has 3 heterocycles. The fourth-order valence-corrected chi connectivity index (χ4v) is 2.82. The number of hydrogen-bond acceptors (Lipinski definition) is 6. The number of nitrogens with zero attached hydrogens (tertiary/aromatic N) is 2. The third kappa shape index (κ3) is 3.14. The summed E-state index contributed by atoms with van der Waals surface area (Å²) in [5.41, 5.74) is 7.86. The van der Waals surface area contributed by atoms with E-state index >= 15 is 0 Å². The van der Waals surface area contributed by atoms with Crippen molar-refractivity contribution >= 4 is 17.7 Å². The summed E-state index contributed by atoms with van der Waals surface area (Å²) < 4.78 is 10.5. The van der Waals surface area contributed by atoms with Crippen molar-refractivity contribution in [3.8, 4) is 22.4 Å². The van der Waals surface area contributed by atoms with E-state index in [0.717, 1.165) is 0 Å². The van der Waals surface area contributed by atoms with Gasteiger partial charge in [-0.15, -0.1) is 0 Å². The van der Waals surface area contributed by atoms with Crippen molar-refractivity contribution in [2.75, 3.05) is 5.32 Å². The van der Waals surface area contributed by atoms with Crippen molar-refractivity contribution in [1.29, 1.82) is 0 Å². The maximum absolute atomic E-state index is 12.4. The lowest BCUT2D eigenvalue weighted by atomic mass is 9.96. The minimum atomic E-state index is -0.610. The Labute approximate surface area is 159 Å². The minimum absolute atomic E-state index is 0.0712. The first-order valence-corrected chi connectivity index (χ1v) is 8.29. The molecule has 2 amide bonds. The molecular formula is C20H14N4O4. The van der Waals surface area contributed by atoms with Gasteiger partial charge in [-0.25, -0.2) is 0 Å². The molecular weight excluding hydrogens is 360 g/mol. The van der Waals surface area contributed by atoms with Crippen molar-refractivity contribution in [2.24, 2.45) is 5.73 Å². The van der Waals surface area contributed by atoms with Crippen LogP contribution in [0.15, 0.2) is 76.1 Å². The Morgan fingerprint density at radius 2 is 1.79 bits per heavy atom.